The van der Waals surface area contributed by atoms with Crippen molar-refractivity contribution in [2.45, 2.75) is 28.8 Å². The fourth-order valence-corrected chi connectivity index (χ4v) is 4.08. The van der Waals surface area contributed by atoms with Crippen molar-refractivity contribution in [2.75, 3.05) is 18.7 Å². The number of esters is 1. The number of benzene rings is 1. The molecule has 3 rings (SSSR count). The van der Waals surface area contributed by atoms with Gasteiger partial charge in [0.05, 0.1) is 17.6 Å². The minimum atomic E-state index is -4.28. The monoisotopic (exact) mass is 431 g/mol. The number of methoxy groups -OCH3 is 1. The zero-order chi connectivity index (χ0) is 21.0. The number of hydrogen-bond acceptors (Lipinski definition) is 10. The number of aromatic nitrogens is 3. The van der Waals surface area contributed by atoms with Gasteiger partial charge in [-0.2, -0.15) is 15.2 Å². The van der Waals surface area contributed by atoms with Gasteiger partial charge in [-0.3, -0.25) is 0 Å². The molecule has 29 heavy (non-hydrogen) atoms. The smallest absolute Gasteiger partial charge is 0.339 e. The standard InChI is InChI=1S/C18H17N5O4S2/c1-27-16(24)13-5-3-4-6-14(13)29(25,26)12(9-19)10-20-17-21-15(11-7-8-11)22-18(23-17)28-2/h3-6,10-11H,7-8H2,1-2H3,(H,20,21,22,23)/b12-10+. The fourth-order valence-electron chi connectivity index (χ4n) is 2.45. The Labute approximate surface area is 172 Å². The van der Waals surface area contributed by atoms with E-state index in [1.54, 1.807) is 6.07 Å². The molecule has 150 valence electrons. The summed E-state index contributed by atoms with van der Waals surface area (Å²) in [7, 11) is -3.13. The van der Waals surface area contributed by atoms with E-state index in [-0.39, 0.29) is 22.3 Å². The molecule has 1 aliphatic carbocycles. The minimum Gasteiger partial charge on any atom is -0.465 e. The van der Waals surface area contributed by atoms with Gasteiger partial charge in [0.15, 0.2) is 10.1 Å². The molecule has 0 radical (unpaired) electrons. The highest BCUT2D eigenvalue weighted by molar-refractivity contribution is 7.98. The maximum absolute atomic E-state index is 12.9. The summed E-state index contributed by atoms with van der Waals surface area (Å²) in [6.07, 6.45) is 4.82. The number of nitriles is 1. The number of thioether (sulfide) groups is 1. The van der Waals surface area contributed by atoms with E-state index in [9.17, 15) is 18.5 Å². The van der Waals surface area contributed by atoms with Crippen LogP contribution in [-0.2, 0) is 14.6 Å². The molecule has 1 aromatic carbocycles. The van der Waals surface area contributed by atoms with Gasteiger partial charge in [0, 0.05) is 12.1 Å². The highest BCUT2D eigenvalue weighted by Crippen LogP contribution is 2.38. The van der Waals surface area contributed by atoms with Gasteiger partial charge in [-0.05, 0) is 31.2 Å². The number of hydrogen-bond donors (Lipinski definition) is 1. The van der Waals surface area contributed by atoms with Crippen LogP contribution in [-0.4, -0.2) is 42.7 Å². The van der Waals surface area contributed by atoms with Crippen LogP contribution in [0, 0.1) is 11.3 Å². The average molecular weight is 431 g/mol. The quantitative estimate of drug-likeness (QED) is 0.396. The predicted molar refractivity (Wildman–Crippen MR) is 106 cm³/mol. The van der Waals surface area contributed by atoms with Crippen LogP contribution in [0.15, 0.2) is 45.4 Å². The van der Waals surface area contributed by atoms with Gasteiger partial charge in [0.25, 0.3) is 0 Å². The maximum atomic E-state index is 12.9. The zero-order valence-electron chi connectivity index (χ0n) is 15.6. The molecule has 11 heteroatoms. The normalized spacial score (nSPS) is 14.2. The minimum absolute atomic E-state index is 0.149. The van der Waals surface area contributed by atoms with Crippen molar-refractivity contribution < 1.29 is 17.9 Å². The third kappa shape index (κ3) is 4.55. The van der Waals surface area contributed by atoms with Crippen molar-refractivity contribution >= 4 is 33.5 Å². The number of carbonyl (C=O) groups excluding carboxylic acids is 1. The summed E-state index contributed by atoms with van der Waals surface area (Å²) in [6, 6.07) is 7.18. The van der Waals surface area contributed by atoms with Gasteiger partial charge in [0.1, 0.15) is 11.9 Å². The first-order chi connectivity index (χ1) is 13.9. The molecule has 0 unspecified atom stereocenters. The van der Waals surface area contributed by atoms with Crippen LogP contribution in [0.4, 0.5) is 5.95 Å². The van der Waals surface area contributed by atoms with E-state index in [0.29, 0.717) is 11.0 Å². The number of ether oxygens (including phenoxy) is 1. The van der Waals surface area contributed by atoms with Gasteiger partial charge >= 0.3 is 5.97 Å². The largest absolute Gasteiger partial charge is 0.465 e. The Kier molecular flexibility index (Phi) is 6.14. The second-order valence-corrected chi connectivity index (χ2v) is 8.69. The Morgan fingerprint density at radius 2 is 2.03 bits per heavy atom. The first-order valence-electron chi connectivity index (χ1n) is 8.50. The molecule has 1 fully saturated rings. The lowest BCUT2D eigenvalue weighted by Crippen LogP contribution is -2.13. The van der Waals surface area contributed by atoms with Crippen LogP contribution in [0.1, 0.15) is 34.9 Å². The van der Waals surface area contributed by atoms with Crippen LogP contribution >= 0.6 is 11.8 Å². The Balaban J connectivity index is 1.96. The summed E-state index contributed by atoms with van der Waals surface area (Å²) in [4.78, 5) is 23.8. The number of nitrogens with one attached hydrogen (secondary N) is 1. The molecule has 0 aliphatic heterocycles. The number of sulfone groups is 1. The summed E-state index contributed by atoms with van der Waals surface area (Å²) >= 11 is 1.33. The van der Waals surface area contributed by atoms with Gasteiger partial charge in [-0.25, -0.2) is 18.2 Å². The second-order valence-electron chi connectivity index (χ2n) is 6.03. The summed E-state index contributed by atoms with van der Waals surface area (Å²) in [5.74, 6) is 0.248. The van der Waals surface area contributed by atoms with E-state index in [4.69, 9.17) is 0 Å². The molecule has 2 aromatic rings. The Morgan fingerprint density at radius 3 is 2.66 bits per heavy atom. The van der Waals surface area contributed by atoms with Gasteiger partial charge in [0.2, 0.25) is 15.8 Å². The number of anilines is 1. The van der Waals surface area contributed by atoms with Crippen LogP contribution < -0.4 is 5.32 Å². The molecule has 0 bridgehead atoms. The van der Waals surface area contributed by atoms with E-state index < -0.39 is 20.7 Å². The lowest BCUT2D eigenvalue weighted by molar-refractivity contribution is 0.0596. The predicted octanol–water partition coefficient (Wildman–Crippen LogP) is 2.51. The molecule has 0 atom stereocenters. The number of allylic oxidation sites excluding steroid dienone is 1. The molecule has 1 aliphatic rings. The van der Waals surface area contributed by atoms with Crippen LogP contribution in [0.25, 0.3) is 0 Å². The molecule has 9 nitrogen and oxygen atoms in total. The highest BCUT2D eigenvalue weighted by atomic mass is 32.2. The lowest BCUT2D eigenvalue weighted by atomic mass is 10.2. The van der Waals surface area contributed by atoms with E-state index in [0.717, 1.165) is 26.2 Å². The summed E-state index contributed by atoms with van der Waals surface area (Å²) in [6.45, 7) is 0. The van der Waals surface area contributed by atoms with Crippen molar-refractivity contribution in [2.24, 2.45) is 0 Å². The lowest BCUT2D eigenvalue weighted by Gasteiger charge is -2.09. The van der Waals surface area contributed by atoms with Gasteiger partial charge in [-0.15, -0.1) is 0 Å². The SMILES string of the molecule is COC(=O)c1ccccc1S(=O)(=O)/C(C#N)=C/Nc1nc(SC)nc(C2CC2)n1. The molecule has 1 heterocycles. The van der Waals surface area contributed by atoms with Gasteiger partial charge < -0.3 is 10.1 Å². The highest BCUT2D eigenvalue weighted by Gasteiger charge is 2.29. The Bertz CT molecular complexity index is 1120. The first-order valence-corrected chi connectivity index (χ1v) is 11.2. The van der Waals surface area contributed by atoms with Crippen molar-refractivity contribution in [3.05, 3.63) is 46.8 Å². The van der Waals surface area contributed by atoms with E-state index in [2.05, 4.69) is 25.0 Å². The van der Waals surface area contributed by atoms with E-state index in [1.807, 2.05) is 6.26 Å². The van der Waals surface area contributed by atoms with Crippen molar-refractivity contribution in [3.8, 4) is 6.07 Å². The average Bonchev–Trinajstić information content (AvgIpc) is 3.58. The number of carbonyl (C=O) groups is 1. The molecule has 1 saturated carbocycles. The topological polar surface area (TPSA) is 135 Å². The molecule has 1 N–H and O–H groups in total. The van der Waals surface area contributed by atoms with Gasteiger partial charge in [-0.1, -0.05) is 23.9 Å². The van der Waals surface area contributed by atoms with Crippen LogP contribution in [0.5, 0.6) is 0 Å². The molecular weight excluding hydrogens is 414 g/mol. The van der Waals surface area contributed by atoms with Crippen molar-refractivity contribution in [3.63, 3.8) is 0 Å². The third-order valence-electron chi connectivity index (χ3n) is 4.07. The molecule has 0 spiro atoms. The van der Waals surface area contributed by atoms with Crippen LogP contribution in [0.2, 0.25) is 0 Å². The summed E-state index contributed by atoms with van der Waals surface area (Å²) in [5, 5.41) is 12.6. The summed E-state index contributed by atoms with van der Waals surface area (Å²) in [5.41, 5.74) is -0.156. The zero-order valence-corrected chi connectivity index (χ0v) is 17.2. The Morgan fingerprint density at radius 1 is 1.31 bits per heavy atom. The molecule has 0 amide bonds. The maximum Gasteiger partial charge on any atom is 0.339 e. The van der Waals surface area contributed by atoms with Crippen LogP contribution in [0.3, 0.4) is 0 Å². The second kappa shape index (κ2) is 8.59. The van der Waals surface area contributed by atoms with E-state index >= 15 is 0 Å². The Hall–Kier alpha value is -2.97. The third-order valence-corrected chi connectivity index (χ3v) is 6.34. The van der Waals surface area contributed by atoms with Crippen molar-refractivity contribution in [1.29, 1.82) is 5.26 Å². The fraction of sp³-hybridized carbons (Fsp3) is 0.278. The van der Waals surface area contributed by atoms with E-state index in [1.165, 1.54) is 36.0 Å². The number of rotatable bonds is 7. The number of nitrogens with zero attached hydrogens (tertiary/aromatic N) is 4. The molecule has 0 saturated heterocycles. The molecule has 1 aromatic heterocycles. The summed E-state index contributed by atoms with van der Waals surface area (Å²) < 4.78 is 30.5. The molecular formula is C18H17N5O4S2. The first kappa shape index (κ1) is 20.8. The van der Waals surface area contributed by atoms with Crippen molar-refractivity contribution in [1.82, 2.24) is 15.0 Å².